The summed E-state index contributed by atoms with van der Waals surface area (Å²) < 4.78 is 0. The molecule has 0 radical (unpaired) electrons. The fourth-order valence-electron chi connectivity index (χ4n) is 3.67. The summed E-state index contributed by atoms with van der Waals surface area (Å²) in [5, 5.41) is 0. The maximum Gasteiger partial charge on any atom is 0.136 e. The Bertz CT molecular complexity index is 264. The first-order valence-corrected chi connectivity index (χ1v) is 7.41. The molecule has 3 unspecified atom stereocenters. The van der Waals surface area contributed by atoms with E-state index in [9.17, 15) is 4.79 Å². The summed E-state index contributed by atoms with van der Waals surface area (Å²) in [4.78, 5) is 14.1. The molecule has 0 N–H and O–H groups in total. The van der Waals surface area contributed by atoms with Gasteiger partial charge in [-0.15, -0.1) is 0 Å². The van der Waals surface area contributed by atoms with E-state index in [2.05, 4.69) is 18.9 Å². The molecule has 0 amide bonds. The largest absolute Gasteiger partial charge is 0.303 e. The van der Waals surface area contributed by atoms with Crippen LogP contribution in [-0.4, -0.2) is 30.3 Å². The van der Waals surface area contributed by atoms with Gasteiger partial charge in [-0.2, -0.15) is 0 Å². The zero-order chi connectivity index (χ0) is 12.3. The molecular weight excluding hydrogens is 210 g/mol. The number of carbonyl (C=O) groups excluding carboxylic acids is 1. The lowest BCUT2D eigenvalue weighted by molar-refractivity contribution is -0.120. The molecule has 2 nitrogen and oxygen atoms in total. The average Bonchev–Trinajstić information content (AvgIpc) is 2.72. The second-order valence-corrected chi connectivity index (χ2v) is 6.15. The van der Waals surface area contributed by atoms with Gasteiger partial charge in [0.05, 0.1) is 0 Å². The highest BCUT2D eigenvalue weighted by Gasteiger charge is 2.28. The smallest absolute Gasteiger partial charge is 0.136 e. The van der Waals surface area contributed by atoms with Crippen molar-refractivity contribution in [2.75, 3.05) is 13.6 Å². The molecule has 0 heterocycles. The van der Waals surface area contributed by atoms with Crippen LogP contribution >= 0.6 is 0 Å². The first-order chi connectivity index (χ1) is 8.18. The van der Waals surface area contributed by atoms with E-state index >= 15 is 0 Å². The van der Waals surface area contributed by atoms with Crippen molar-refractivity contribution in [3.63, 3.8) is 0 Å². The number of ketones is 1. The maximum atomic E-state index is 11.6. The van der Waals surface area contributed by atoms with E-state index in [4.69, 9.17) is 0 Å². The van der Waals surface area contributed by atoms with Crippen LogP contribution < -0.4 is 0 Å². The van der Waals surface area contributed by atoms with Gasteiger partial charge < -0.3 is 4.90 Å². The Morgan fingerprint density at radius 3 is 2.59 bits per heavy atom. The quantitative estimate of drug-likeness (QED) is 0.748. The van der Waals surface area contributed by atoms with Crippen molar-refractivity contribution in [3.05, 3.63) is 0 Å². The third-order valence-electron chi connectivity index (χ3n) is 4.89. The zero-order valence-corrected chi connectivity index (χ0v) is 11.5. The normalized spacial score (nSPS) is 34.5. The van der Waals surface area contributed by atoms with Crippen LogP contribution in [0.1, 0.15) is 58.3 Å². The molecule has 2 aliphatic rings. The van der Waals surface area contributed by atoms with Crippen molar-refractivity contribution in [3.8, 4) is 0 Å². The lowest BCUT2D eigenvalue weighted by Crippen LogP contribution is -2.40. The standard InChI is InChI=1S/C15H27NO/c1-12-6-3-4-8-14(12)16(2)11-10-13-7-5-9-15(13)17/h12-14H,3-11H2,1-2H3. The molecule has 0 spiro atoms. The minimum absolute atomic E-state index is 0.386. The van der Waals surface area contributed by atoms with Crippen LogP contribution in [0.5, 0.6) is 0 Å². The molecule has 3 atom stereocenters. The lowest BCUT2D eigenvalue weighted by Gasteiger charge is -2.36. The topological polar surface area (TPSA) is 20.3 Å². The van der Waals surface area contributed by atoms with Gasteiger partial charge in [0, 0.05) is 18.4 Å². The van der Waals surface area contributed by atoms with Gasteiger partial charge in [0.25, 0.3) is 0 Å². The molecule has 0 aromatic rings. The van der Waals surface area contributed by atoms with Crippen molar-refractivity contribution in [1.82, 2.24) is 4.90 Å². The second kappa shape index (κ2) is 5.99. The minimum atomic E-state index is 0.386. The average molecular weight is 237 g/mol. The van der Waals surface area contributed by atoms with Gasteiger partial charge in [0.1, 0.15) is 5.78 Å². The highest BCUT2D eigenvalue weighted by molar-refractivity contribution is 5.82. The summed E-state index contributed by atoms with van der Waals surface area (Å²) in [5.74, 6) is 1.75. The highest BCUT2D eigenvalue weighted by Crippen LogP contribution is 2.29. The van der Waals surface area contributed by atoms with Crippen LogP contribution in [0.15, 0.2) is 0 Å². The molecule has 2 fully saturated rings. The van der Waals surface area contributed by atoms with E-state index in [1.165, 1.54) is 25.7 Å². The van der Waals surface area contributed by atoms with E-state index in [-0.39, 0.29) is 0 Å². The second-order valence-electron chi connectivity index (χ2n) is 6.15. The van der Waals surface area contributed by atoms with Crippen molar-refractivity contribution in [2.45, 2.75) is 64.3 Å². The molecule has 0 aliphatic heterocycles. The lowest BCUT2D eigenvalue weighted by atomic mass is 9.85. The molecule has 98 valence electrons. The summed E-state index contributed by atoms with van der Waals surface area (Å²) in [5.41, 5.74) is 0. The summed E-state index contributed by atoms with van der Waals surface area (Å²) in [6.45, 7) is 3.51. The Kier molecular flexibility index (Phi) is 4.61. The van der Waals surface area contributed by atoms with Crippen molar-refractivity contribution in [2.24, 2.45) is 11.8 Å². The van der Waals surface area contributed by atoms with Gasteiger partial charge in [-0.05, 0) is 51.6 Å². The molecule has 2 aliphatic carbocycles. The molecule has 2 saturated carbocycles. The van der Waals surface area contributed by atoms with E-state index in [0.717, 1.165) is 44.2 Å². The van der Waals surface area contributed by atoms with Crippen LogP contribution in [0.2, 0.25) is 0 Å². The van der Waals surface area contributed by atoms with E-state index in [1.807, 2.05) is 0 Å². The summed E-state index contributed by atoms with van der Waals surface area (Å²) in [6.07, 6.45) is 9.76. The van der Waals surface area contributed by atoms with Crippen molar-refractivity contribution < 1.29 is 4.79 Å². The number of rotatable bonds is 4. The Labute approximate surface area is 106 Å². The van der Waals surface area contributed by atoms with E-state index < -0.39 is 0 Å². The molecule has 2 rings (SSSR count). The number of nitrogens with zero attached hydrogens (tertiary/aromatic N) is 1. The van der Waals surface area contributed by atoms with Gasteiger partial charge in [0.2, 0.25) is 0 Å². The van der Waals surface area contributed by atoms with Crippen LogP contribution in [0.25, 0.3) is 0 Å². The van der Waals surface area contributed by atoms with Gasteiger partial charge >= 0.3 is 0 Å². The number of hydrogen-bond acceptors (Lipinski definition) is 2. The monoisotopic (exact) mass is 237 g/mol. The third-order valence-corrected chi connectivity index (χ3v) is 4.89. The highest BCUT2D eigenvalue weighted by atomic mass is 16.1. The molecule has 0 saturated heterocycles. The Morgan fingerprint density at radius 1 is 1.18 bits per heavy atom. The zero-order valence-electron chi connectivity index (χ0n) is 11.5. The Morgan fingerprint density at radius 2 is 1.94 bits per heavy atom. The van der Waals surface area contributed by atoms with Crippen LogP contribution in [0, 0.1) is 11.8 Å². The van der Waals surface area contributed by atoms with Crippen LogP contribution in [0.3, 0.4) is 0 Å². The van der Waals surface area contributed by atoms with Crippen molar-refractivity contribution in [1.29, 1.82) is 0 Å². The predicted octanol–water partition coefficient (Wildman–Crippen LogP) is 3.26. The van der Waals surface area contributed by atoms with Crippen molar-refractivity contribution >= 4 is 5.78 Å². The molecular formula is C15H27NO. The van der Waals surface area contributed by atoms with Gasteiger partial charge in [-0.1, -0.05) is 19.8 Å². The fourth-order valence-corrected chi connectivity index (χ4v) is 3.67. The summed E-state index contributed by atoms with van der Waals surface area (Å²) in [6, 6.07) is 0.764. The Hall–Kier alpha value is -0.370. The molecule has 0 aromatic carbocycles. The third kappa shape index (κ3) is 3.31. The number of Topliss-reactive ketones (excluding diaryl/α,β-unsaturated/α-hetero) is 1. The predicted molar refractivity (Wildman–Crippen MR) is 71.0 cm³/mol. The van der Waals surface area contributed by atoms with E-state index in [0.29, 0.717) is 11.7 Å². The Balaban J connectivity index is 1.76. The van der Waals surface area contributed by atoms with E-state index in [1.54, 1.807) is 0 Å². The fraction of sp³-hybridized carbons (Fsp3) is 0.933. The number of hydrogen-bond donors (Lipinski definition) is 0. The summed E-state index contributed by atoms with van der Waals surface area (Å²) in [7, 11) is 2.26. The van der Waals surface area contributed by atoms with Gasteiger partial charge in [-0.3, -0.25) is 4.79 Å². The molecule has 17 heavy (non-hydrogen) atoms. The number of carbonyl (C=O) groups is 1. The van der Waals surface area contributed by atoms with Crippen LogP contribution in [0.4, 0.5) is 0 Å². The first kappa shape index (κ1) is 13.1. The van der Waals surface area contributed by atoms with Gasteiger partial charge in [-0.25, -0.2) is 0 Å². The SMILES string of the molecule is CC1CCCCC1N(C)CCC1CCCC1=O. The molecule has 2 heteroatoms. The summed E-state index contributed by atoms with van der Waals surface area (Å²) >= 11 is 0. The minimum Gasteiger partial charge on any atom is -0.303 e. The molecule has 0 aromatic heterocycles. The molecule has 0 bridgehead atoms. The van der Waals surface area contributed by atoms with Gasteiger partial charge in [0.15, 0.2) is 0 Å². The first-order valence-electron chi connectivity index (χ1n) is 7.41. The van der Waals surface area contributed by atoms with Crippen LogP contribution in [-0.2, 0) is 4.79 Å². The maximum absolute atomic E-state index is 11.6.